The van der Waals surface area contributed by atoms with E-state index in [4.69, 9.17) is 10.5 Å². The highest BCUT2D eigenvalue weighted by Crippen LogP contribution is 2.31. The Kier molecular flexibility index (Phi) is 2.23. The summed E-state index contributed by atoms with van der Waals surface area (Å²) < 4.78 is 6.27. The van der Waals surface area contributed by atoms with Gasteiger partial charge < -0.3 is 20.1 Å². The molecule has 5 heteroatoms. The average molecular weight is 220 g/mol. The Morgan fingerprint density at radius 3 is 2.75 bits per heavy atom. The fraction of sp³-hybridized carbons (Fsp3) is 0.182. The van der Waals surface area contributed by atoms with E-state index in [-0.39, 0.29) is 11.5 Å². The number of hydrogen-bond donors (Lipinski definition) is 2. The number of aromatic hydroxyl groups is 1. The van der Waals surface area contributed by atoms with Crippen LogP contribution in [-0.2, 0) is 7.05 Å². The Balaban J connectivity index is 3.01. The van der Waals surface area contributed by atoms with Crippen LogP contribution in [0.4, 0.5) is 5.69 Å². The second-order valence-electron chi connectivity index (χ2n) is 3.52. The molecule has 0 saturated carbocycles. The van der Waals surface area contributed by atoms with E-state index in [1.165, 1.54) is 11.7 Å². The van der Waals surface area contributed by atoms with Gasteiger partial charge in [-0.3, -0.25) is 4.79 Å². The van der Waals surface area contributed by atoms with Crippen LogP contribution in [0.3, 0.4) is 0 Å². The molecule has 0 aliphatic heterocycles. The molecule has 3 N–H and O–H groups in total. The summed E-state index contributed by atoms with van der Waals surface area (Å²) in [7, 11) is 2.95. The summed E-state index contributed by atoms with van der Waals surface area (Å²) in [6.45, 7) is 0. The zero-order valence-corrected chi connectivity index (χ0v) is 9.02. The van der Waals surface area contributed by atoms with Gasteiger partial charge in [0.1, 0.15) is 0 Å². The third-order valence-corrected chi connectivity index (χ3v) is 2.56. The van der Waals surface area contributed by atoms with Crippen LogP contribution in [0.25, 0.3) is 10.9 Å². The predicted molar refractivity (Wildman–Crippen MR) is 61.8 cm³/mol. The van der Waals surface area contributed by atoms with E-state index >= 15 is 0 Å². The van der Waals surface area contributed by atoms with Crippen molar-refractivity contribution in [3.05, 3.63) is 28.6 Å². The van der Waals surface area contributed by atoms with Crippen molar-refractivity contribution in [1.82, 2.24) is 4.57 Å². The van der Waals surface area contributed by atoms with Crippen LogP contribution in [0, 0.1) is 0 Å². The van der Waals surface area contributed by atoms with Crippen molar-refractivity contribution in [2.75, 3.05) is 12.8 Å². The van der Waals surface area contributed by atoms with Gasteiger partial charge in [0.25, 0.3) is 5.56 Å². The molecule has 0 amide bonds. The molecule has 0 radical (unpaired) electrons. The lowest BCUT2D eigenvalue weighted by molar-refractivity contribution is 0.368. The highest BCUT2D eigenvalue weighted by molar-refractivity contribution is 5.89. The number of methoxy groups -OCH3 is 1. The molecule has 5 nitrogen and oxygen atoms in total. The van der Waals surface area contributed by atoms with Gasteiger partial charge in [-0.25, -0.2) is 0 Å². The van der Waals surface area contributed by atoms with Gasteiger partial charge in [-0.05, 0) is 18.2 Å². The first-order valence-corrected chi connectivity index (χ1v) is 4.71. The van der Waals surface area contributed by atoms with Crippen LogP contribution in [0.1, 0.15) is 0 Å². The lowest BCUT2D eigenvalue weighted by Crippen LogP contribution is -2.18. The molecule has 0 unspecified atom stereocenters. The lowest BCUT2D eigenvalue weighted by Gasteiger charge is -2.10. The van der Waals surface area contributed by atoms with Gasteiger partial charge in [0, 0.05) is 18.1 Å². The number of nitrogens with two attached hydrogens (primary N) is 1. The van der Waals surface area contributed by atoms with Gasteiger partial charge >= 0.3 is 0 Å². The topological polar surface area (TPSA) is 77.5 Å². The number of nitrogen functional groups attached to an aromatic ring is 1. The third-order valence-electron chi connectivity index (χ3n) is 2.56. The first-order valence-electron chi connectivity index (χ1n) is 4.71. The van der Waals surface area contributed by atoms with E-state index in [9.17, 15) is 9.90 Å². The smallest absolute Gasteiger partial charge is 0.297 e. The number of nitrogens with zero attached hydrogens (tertiary/aromatic N) is 1. The molecule has 0 bridgehead atoms. The summed E-state index contributed by atoms with van der Waals surface area (Å²) in [4.78, 5) is 11.8. The Labute approximate surface area is 91.7 Å². The fourth-order valence-electron chi connectivity index (χ4n) is 1.70. The predicted octanol–water partition coefficient (Wildman–Crippen LogP) is 0.835. The van der Waals surface area contributed by atoms with Crippen LogP contribution in [-0.4, -0.2) is 16.8 Å². The van der Waals surface area contributed by atoms with Crippen molar-refractivity contribution in [3.8, 4) is 11.5 Å². The molecular formula is C11H12N2O3. The molecule has 0 spiro atoms. The van der Waals surface area contributed by atoms with Gasteiger partial charge in [-0.15, -0.1) is 0 Å². The summed E-state index contributed by atoms with van der Waals surface area (Å²) in [5.41, 5.74) is 6.35. The van der Waals surface area contributed by atoms with Gasteiger partial charge in [-0.1, -0.05) is 0 Å². The van der Waals surface area contributed by atoms with Crippen molar-refractivity contribution >= 4 is 16.6 Å². The molecule has 0 saturated heterocycles. The molecule has 0 aliphatic rings. The van der Waals surface area contributed by atoms with E-state index in [0.29, 0.717) is 16.6 Å². The van der Waals surface area contributed by atoms with Gasteiger partial charge in [0.2, 0.25) is 5.75 Å². The largest absolute Gasteiger partial charge is 0.504 e. The molecule has 84 valence electrons. The zero-order valence-electron chi connectivity index (χ0n) is 9.02. The van der Waals surface area contributed by atoms with Crippen LogP contribution in [0.15, 0.2) is 23.0 Å². The molecule has 2 aromatic rings. The minimum atomic E-state index is -0.391. The number of pyridine rings is 1. The minimum Gasteiger partial charge on any atom is -0.504 e. The first kappa shape index (κ1) is 10.4. The molecular weight excluding hydrogens is 208 g/mol. The Morgan fingerprint density at radius 2 is 2.12 bits per heavy atom. The summed E-state index contributed by atoms with van der Waals surface area (Å²) in [5, 5.41) is 10.4. The summed E-state index contributed by atoms with van der Waals surface area (Å²) in [6.07, 6.45) is 0. The van der Waals surface area contributed by atoms with E-state index in [2.05, 4.69) is 0 Å². The maximum absolute atomic E-state index is 11.8. The number of rotatable bonds is 1. The fourth-order valence-corrected chi connectivity index (χ4v) is 1.70. The van der Waals surface area contributed by atoms with E-state index in [0.717, 1.165) is 0 Å². The van der Waals surface area contributed by atoms with Crippen molar-refractivity contribution in [2.24, 2.45) is 7.05 Å². The molecule has 0 fully saturated rings. The Bertz CT molecular complexity index is 617. The summed E-state index contributed by atoms with van der Waals surface area (Å²) in [5.74, 6) is -0.208. The second kappa shape index (κ2) is 3.44. The molecule has 1 aromatic carbocycles. The number of aryl methyl sites for hydroxylation is 1. The highest BCUT2D eigenvalue weighted by Gasteiger charge is 2.14. The van der Waals surface area contributed by atoms with Crippen LogP contribution in [0.5, 0.6) is 11.5 Å². The van der Waals surface area contributed by atoms with Crippen molar-refractivity contribution in [3.63, 3.8) is 0 Å². The quantitative estimate of drug-likeness (QED) is 0.698. The molecule has 0 atom stereocenters. The third kappa shape index (κ3) is 1.29. The molecule has 1 heterocycles. The minimum absolute atomic E-state index is 0.0558. The average Bonchev–Trinajstić information content (AvgIpc) is 2.27. The lowest BCUT2D eigenvalue weighted by atomic mass is 10.1. The molecule has 16 heavy (non-hydrogen) atoms. The monoisotopic (exact) mass is 220 g/mol. The normalized spacial score (nSPS) is 10.6. The summed E-state index contributed by atoms with van der Waals surface area (Å²) in [6, 6.07) is 4.95. The maximum Gasteiger partial charge on any atom is 0.297 e. The van der Waals surface area contributed by atoms with Gasteiger partial charge in [0.15, 0.2) is 5.75 Å². The standard InChI is InChI=1S/C11H12N2O3/c1-13-8-5-6(12)3-4-7(8)9(14)10(16-2)11(13)15/h3-5,14H,12H2,1-2H3. The number of fused-ring (bicyclic) bond motifs is 1. The van der Waals surface area contributed by atoms with Crippen molar-refractivity contribution in [1.29, 1.82) is 0 Å². The van der Waals surface area contributed by atoms with Crippen LogP contribution >= 0.6 is 0 Å². The molecule has 2 rings (SSSR count). The van der Waals surface area contributed by atoms with Crippen LogP contribution in [0.2, 0.25) is 0 Å². The Morgan fingerprint density at radius 1 is 1.44 bits per heavy atom. The first-order chi connectivity index (χ1) is 7.56. The number of ether oxygens (including phenoxy) is 1. The van der Waals surface area contributed by atoms with E-state index in [1.807, 2.05) is 0 Å². The van der Waals surface area contributed by atoms with Gasteiger partial charge in [-0.2, -0.15) is 0 Å². The number of aromatic nitrogens is 1. The second-order valence-corrected chi connectivity index (χ2v) is 3.52. The number of anilines is 1. The number of benzene rings is 1. The zero-order chi connectivity index (χ0) is 11.9. The Hall–Kier alpha value is -2.17. The molecule has 1 aromatic heterocycles. The van der Waals surface area contributed by atoms with E-state index in [1.54, 1.807) is 25.2 Å². The summed E-state index contributed by atoms with van der Waals surface area (Å²) >= 11 is 0. The maximum atomic E-state index is 11.8. The SMILES string of the molecule is COc1c(O)c2ccc(N)cc2n(C)c1=O. The van der Waals surface area contributed by atoms with Crippen molar-refractivity contribution in [2.45, 2.75) is 0 Å². The molecule has 0 aliphatic carbocycles. The highest BCUT2D eigenvalue weighted by atomic mass is 16.5. The van der Waals surface area contributed by atoms with Gasteiger partial charge in [0.05, 0.1) is 12.6 Å². The van der Waals surface area contributed by atoms with Crippen LogP contribution < -0.4 is 16.0 Å². The van der Waals surface area contributed by atoms with Crippen molar-refractivity contribution < 1.29 is 9.84 Å². The number of hydrogen-bond acceptors (Lipinski definition) is 4. The van der Waals surface area contributed by atoms with E-state index < -0.39 is 5.56 Å².